The first kappa shape index (κ1) is 17.4. The van der Waals surface area contributed by atoms with Crippen molar-refractivity contribution in [3.63, 3.8) is 0 Å². The fourth-order valence-corrected chi connectivity index (χ4v) is 2.48. The highest BCUT2D eigenvalue weighted by Crippen LogP contribution is 2.26. The number of aryl methyl sites for hydroxylation is 1. The Morgan fingerprint density at radius 3 is 2.88 bits per heavy atom. The number of nitrogen functional groups attached to an aromatic ring is 1. The molecule has 2 aromatic heterocycles. The first-order valence-corrected chi connectivity index (χ1v) is 8.31. The average molecular weight is 351 g/mol. The number of benzene rings is 1. The Kier molecular flexibility index (Phi) is 5.43. The van der Waals surface area contributed by atoms with Crippen molar-refractivity contribution in [1.82, 2.24) is 19.5 Å². The molecule has 0 bridgehead atoms. The highest BCUT2D eigenvalue weighted by molar-refractivity contribution is 5.95. The number of nitrogens with two attached hydrogens (primary N) is 1. The molecule has 0 spiro atoms. The van der Waals surface area contributed by atoms with Crippen molar-refractivity contribution in [2.45, 2.75) is 19.9 Å². The number of rotatable bonds is 8. The maximum Gasteiger partial charge on any atom is 0.159 e. The lowest BCUT2D eigenvalue weighted by atomic mass is 10.1. The van der Waals surface area contributed by atoms with Crippen LogP contribution >= 0.6 is 0 Å². The third-order valence-electron chi connectivity index (χ3n) is 3.86. The van der Waals surface area contributed by atoms with E-state index in [2.05, 4.69) is 25.6 Å². The Balaban J connectivity index is 1.63. The van der Waals surface area contributed by atoms with Gasteiger partial charge in [-0.1, -0.05) is 12.1 Å². The van der Waals surface area contributed by atoms with Gasteiger partial charge in [-0.2, -0.15) is 0 Å². The number of Topliss-reactive ketones (excluding diaryl/α,β-unsaturated/α-hetero) is 1. The minimum absolute atomic E-state index is 0.00422. The summed E-state index contributed by atoms with van der Waals surface area (Å²) in [6.07, 6.45) is 7.83. The summed E-state index contributed by atoms with van der Waals surface area (Å²) in [5.41, 5.74) is 7.98. The molecule has 0 saturated carbocycles. The van der Waals surface area contributed by atoms with Crippen molar-refractivity contribution in [1.29, 1.82) is 0 Å². The molecule has 0 unspecified atom stereocenters. The Morgan fingerprint density at radius 1 is 1.27 bits per heavy atom. The number of carbonyl (C=O) groups excluding carboxylic acids is 1. The molecule has 1 aromatic carbocycles. The first-order valence-electron chi connectivity index (χ1n) is 8.31. The van der Waals surface area contributed by atoms with Crippen LogP contribution in [0.3, 0.4) is 0 Å². The van der Waals surface area contributed by atoms with E-state index in [-0.39, 0.29) is 5.78 Å². The second kappa shape index (κ2) is 8.11. The number of ketones is 1. The monoisotopic (exact) mass is 351 g/mol. The van der Waals surface area contributed by atoms with Crippen molar-refractivity contribution < 1.29 is 4.79 Å². The molecule has 4 N–H and O–H groups in total. The zero-order valence-corrected chi connectivity index (χ0v) is 14.5. The van der Waals surface area contributed by atoms with Gasteiger partial charge in [0.2, 0.25) is 0 Å². The summed E-state index contributed by atoms with van der Waals surface area (Å²) in [6.45, 7) is 3.11. The van der Waals surface area contributed by atoms with E-state index >= 15 is 0 Å². The zero-order valence-electron chi connectivity index (χ0n) is 14.5. The molecule has 8 nitrogen and oxygen atoms in total. The summed E-state index contributed by atoms with van der Waals surface area (Å²) in [7, 11) is 0. The van der Waals surface area contributed by atoms with E-state index in [1.807, 2.05) is 22.9 Å². The van der Waals surface area contributed by atoms with Crippen LogP contribution in [0.2, 0.25) is 0 Å². The molecule has 0 aliphatic heterocycles. The van der Waals surface area contributed by atoms with E-state index in [1.165, 1.54) is 13.3 Å². The van der Waals surface area contributed by atoms with Crippen molar-refractivity contribution in [2.75, 3.05) is 22.9 Å². The molecule has 3 rings (SSSR count). The molecule has 26 heavy (non-hydrogen) atoms. The number of carbonyl (C=O) groups is 1. The van der Waals surface area contributed by atoms with E-state index in [9.17, 15) is 4.79 Å². The Bertz CT molecular complexity index is 877. The minimum Gasteiger partial charge on any atom is -0.393 e. The molecule has 134 valence electrons. The fourth-order valence-electron chi connectivity index (χ4n) is 2.48. The second-order valence-electron chi connectivity index (χ2n) is 5.83. The van der Waals surface area contributed by atoms with Crippen molar-refractivity contribution in [3.05, 3.63) is 54.9 Å². The Morgan fingerprint density at radius 2 is 2.12 bits per heavy atom. The highest BCUT2D eigenvalue weighted by atomic mass is 16.1. The summed E-state index contributed by atoms with van der Waals surface area (Å²) in [5.74, 6) is 1.08. The number of nitrogens with one attached hydrogen (secondary N) is 2. The van der Waals surface area contributed by atoms with Crippen LogP contribution in [0.15, 0.2) is 49.3 Å². The lowest BCUT2D eigenvalue weighted by Gasteiger charge is -2.13. The molecule has 8 heteroatoms. The van der Waals surface area contributed by atoms with E-state index in [0.29, 0.717) is 22.9 Å². The largest absolute Gasteiger partial charge is 0.393 e. The third kappa shape index (κ3) is 4.35. The van der Waals surface area contributed by atoms with Gasteiger partial charge >= 0.3 is 0 Å². The molecule has 0 radical (unpaired) electrons. The average Bonchev–Trinajstić information content (AvgIpc) is 3.15. The lowest BCUT2D eigenvalue weighted by Crippen LogP contribution is -2.10. The van der Waals surface area contributed by atoms with Gasteiger partial charge in [-0.25, -0.2) is 15.0 Å². The molecule has 0 amide bonds. The molecule has 0 aliphatic carbocycles. The van der Waals surface area contributed by atoms with Crippen LogP contribution in [-0.2, 0) is 6.54 Å². The van der Waals surface area contributed by atoms with Gasteiger partial charge in [0, 0.05) is 36.7 Å². The van der Waals surface area contributed by atoms with Gasteiger partial charge < -0.3 is 20.9 Å². The van der Waals surface area contributed by atoms with Crippen LogP contribution < -0.4 is 16.4 Å². The molecule has 2 heterocycles. The van der Waals surface area contributed by atoms with Gasteiger partial charge in [0.25, 0.3) is 0 Å². The fraction of sp³-hybridized carbons (Fsp3) is 0.222. The van der Waals surface area contributed by atoms with Crippen LogP contribution in [0.4, 0.5) is 23.0 Å². The van der Waals surface area contributed by atoms with Crippen LogP contribution in [0.5, 0.6) is 0 Å². The predicted octanol–water partition coefficient (Wildman–Crippen LogP) is 2.70. The van der Waals surface area contributed by atoms with Gasteiger partial charge in [-0.3, -0.25) is 4.79 Å². The molecule has 0 aliphatic rings. The Labute approximate surface area is 151 Å². The number of nitrogens with zero attached hydrogens (tertiary/aromatic N) is 4. The maximum atomic E-state index is 11.5. The van der Waals surface area contributed by atoms with Crippen LogP contribution in [-0.4, -0.2) is 31.8 Å². The van der Waals surface area contributed by atoms with E-state index in [4.69, 9.17) is 5.73 Å². The summed E-state index contributed by atoms with van der Waals surface area (Å²) in [4.78, 5) is 23.9. The van der Waals surface area contributed by atoms with Gasteiger partial charge in [-0.05, 0) is 25.5 Å². The first-order chi connectivity index (χ1) is 12.6. The van der Waals surface area contributed by atoms with Crippen LogP contribution in [0, 0.1) is 0 Å². The number of hydrogen-bond acceptors (Lipinski definition) is 7. The SMILES string of the molecule is CC(=O)c1cccc(Nc2ncnc(NCCCn3ccnc3)c2N)c1. The topological polar surface area (TPSA) is 111 Å². The van der Waals surface area contributed by atoms with E-state index < -0.39 is 0 Å². The highest BCUT2D eigenvalue weighted by Gasteiger charge is 2.09. The second-order valence-corrected chi connectivity index (χ2v) is 5.83. The molecule has 0 saturated heterocycles. The molecular formula is C18H21N7O. The van der Waals surface area contributed by atoms with Gasteiger partial charge in [-0.15, -0.1) is 0 Å². The van der Waals surface area contributed by atoms with E-state index in [1.54, 1.807) is 24.7 Å². The standard InChI is InChI=1S/C18H21N7O/c1-13(26)14-4-2-5-15(10-14)24-18-16(19)17(22-11-23-18)21-6-3-8-25-9-7-20-12-25/h2,4-5,7,9-12H,3,6,8,19H2,1H3,(H2,21,22,23,24). The number of anilines is 4. The van der Waals surface area contributed by atoms with Crippen LogP contribution in [0.25, 0.3) is 0 Å². The Hall–Kier alpha value is -3.42. The van der Waals surface area contributed by atoms with Crippen LogP contribution in [0.1, 0.15) is 23.7 Å². The summed E-state index contributed by atoms with van der Waals surface area (Å²) < 4.78 is 2.01. The molecule has 3 aromatic rings. The zero-order chi connectivity index (χ0) is 18.4. The maximum absolute atomic E-state index is 11.5. The van der Waals surface area contributed by atoms with Crippen molar-refractivity contribution in [3.8, 4) is 0 Å². The number of imidazole rings is 1. The normalized spacial score (nSPS) is 10.5. The van der Waals surface area contributed by atoms with Gasteiger partial charge in [0.1, 0.15) is 12.0 Å². The summed E-state index contributed by atoms with van der Waals surface area (Å²) in [5, 5.41) is 6.37. The molecular weight excluding hydrogens is 330 g/mol. The van der Waals surface area contributed by atoms with Crippen molar-refractivity contribution >= 4 is 28.8 Å². The third-order valence-corrected chi connectivity index (χ3v) is 3.86. The number of aromatic nitrogens is 4. The minimum atomic E-state index is 0.00422. The molecule has 0 atom stereocenters. The summed E-state index contributed by atoms with van der Waals surface area (Å²) >= 11 is 0. The smallest absolute Gasteiger partial charge is 0.159 e. The molecule has 0 fully saturated rings. The quantitative estimate of drug-likeness (QED) is 0.423. The predicted molar refractivity (Wildman–Crippen MR) is 102 cm³/mol. The lowest BCUT2D eigenvalue weighted by molar-refractivity contribution is 0.101. The number of hydrogen-bond donors (Lipinski definition) is 3. The summed E-state index contributed by atoms with van der Waals surface area (Å²) in [6, 6.07) is 7.20. The van der Waals surface area contributed by atoms with Gasteiger partial charge in [0.15, 0.2) is 17.4 Å². The van der Waals surface area contributed by atoms with E-state index in [0.717, 1.165) is 25.2 Å². The van der Waals surface area contributed by atoms with Crippen molar-refractivity contribution in [2.24, 2.45) is 0 Å². The van der Waals surface area contributed by atoms with Gasteiger partial charge in [0.05, 0.1) is 6.33 Å².